The van der Waals surface area contributed by atoms with Crippen LogP contribution in [0.15, 0.2) is 82.3 Å². The number of sulfonamides is 1. The van der Waals surface area contributed by atoms with Gasteiger partial charge in [0.05, 0.1) is 15.8 Å². The molecule has 0 atom stereocenters. The van der Waals surface area contributed by atoms with Crippen molar-refractivity contribution in [2.45, 2.75) is 4.90 Å². The first-order chi connectivity index (χ1) is 12.0. The van der Waals surface area contributed by atoms with Crippen LogP contribution in [0.25, 0.3) is 0 Å². The molecule has 3 rings (SSSR count). The van der Waals surface area contributed by atoms with E-state index in [1.807, 2.05) is 60.7 Å². The number of nitrogens with one attached hydrogen (secondary N) is 1. The Bertz CT molecular complexity index is 930. The lowest BCUT2D eigenvalue weighted by molar-refractivity contribution is 0.582. The molecule has 1 aromatic heterocycles. The quantitative estimate of drug-likeness (QED) is 0.470. The Labute approximate surface area is 159 Å². The fourth-order valence-corrected chi connectivity index (χ4v) is 3.76. The highest BCUT2D eigenvalue weighted by atomic mass is 79.9. The third-order valence-corrected chi connectivity index (χ3v) is 5.72. The standard InChI is InChI=1S/C17H13BrClN3O2S/c18-16-11-15(12-20-17(16)19)25(23,24)21-22(13-7-3-1-4-8-13)14-9-5-2-6-10-14/h1-12,21H. The third kappa shape index (κ3) is 4.19. The second kappa shape index (κ2) is 7.53. The van der Waals surface area contributed by atoms with Gasteiger partial charge in [-0.2, -0.15) is 0 Å². The van der Waals surface area contributed by atoms with Crippen LogP contribution in [0.5, 0.6) is 0 Å². The van der Waals surface area contributed by atoms with Gasteiger partial charge in [0.1, 0.15) is 10.0 Å². The number of anilines is 2. The SMILES string of the molecule is O=S(=O)(NN(c1ccccc1)c1ccccc1)c1cnc(Cl)c(Br)c1. The fourth-order valence-electron chi connectivity index (χ4n) is 2.13. The van der Waals surface area contributed by atoms with Gasteiger partial charge in [0.2, 0.25) is 0 Å². The minimum absolute atomic E-state index is 0.000590. The minimum atomic E-state index is -3.87. The van der Waals surface area contributed by atoms with Crippen molar-refractivity contribution in [1.29, 1.82) is 0 Å². The molecule has 0 aliphatic heterocycles. The predicted molar refractivity (Wildman–Crippen MR) is 102 cm³/mol. The van der Waals surface area contributed by atoms with Crippen LogP contribution < -0.4 is 9.84 Å². The van der Waals surface area contributed by atoms with Crippen LogP contribution in [-0.4, -0.2) is 13.4 Å². The third-order valence-electron chi connectivity index (χ3n) is 3.32. The molecule has 0 unspecified atom stereocenters. The minimum Gasteiger partial charge on any atom is -0.263 e. The fraction of sp³-hybridized carbons (Fsp3) is 0. The van der Waals surface area contributed by atoms with Crippen molar-refractivity contribution in [1.82, 2.24) is 9.82 Å². The van der Waals surface area contributed by atoms with E-state index in [0.717, 1.165) is 0 Å². The van der Waals surface area contributed by atoms with Gasteiger partial charge in [-0.15, -0.1) is 4.83 Å². The molecule has 25 heavy (non-hydrogen) atoms. The molecule has 0 saturated heterocycles. The monoisotopic (exact) mass is 437 g/mol. The normalized spacial score (nSPS) is 11.3. The van der Waals surface area contributed by atoms with Crippen LogP contribution in [0.4, 0.5) is 11.4 Å². The zero-order valence-electron chi connectivity index (χ0n) is 12.8. The molecule has 3 aromatic rings. The summed E-state index contributed by atoms with van der Waals surface area (Å²) in [5.74, 6) is 0. The average molecular weight is 439 g/mol. The Kier molecular flexibility index (Phi) is 5.39. The van der Waals surface area contributed by atoms with Crippen LogP contribution in [0.3, 0.4) is 0 Å². The van der Waals surface area contributed by atoms with Crippen molar-refractivity contribution in [2.75, 3.05) is 5.01 Å². The number of hydrogen-bond donors (Lipinski definition) is 1. The van der Waals surface area contributed by atoms with E-state index in [9.17, 15) is 8.42 Å². The van der Waals surface area contributed by atoms with Gasteiger partial charge in [0.15, 0.2) is 0 Å². The number of nitrogens with zero attached hydrogens (tertiary/aromatic N) is 2. The first kappa shape index (κ1) is 17.9. The van der Waals surface area contributed by atoms with E-state index in [1.54, 1.807) is 0 Å². The van der Waals surface area contributed by atoms with Gasteiger partial charge in [0.25, 0.3) is 10.0 Å². The van der Waals surface area contributed by atoms with Crippen LogP contribution in [0, 0.1) is 0 Å². The molecule has 0 fully saturated rings. The molecule has 5 nitrogen and oxygen atoms in total. The zero-order chi connectivity index (χ0) is 17.9. The molecule has 0 bridgehead atoms. The summed E-state index contributed by atoms with van der Waals surface area (Å²) in [6.07, 6.45) is 1.21. The molecular weight excluding hydrogens is 426 g/mol. The van der Waals surface area contributed by atoms with Gasteiger partial charge in [-0.25, -0.2) is 13.4 Å². The Morgan fingerprint density at radius 2 is 1.48 bits per heavy atom. The van der Waals surface area contributed by atoms with E-state index in [1.165, 1.54) is 17.3 Å². The van der Waals surface area contributed by atoms with Crippen molar-refractivity contribution in [3.63, 3.8) is 0 Å². The lowest BCUT2D eigenvalue weighted by Gasteiger charge is -2.25. The van der Waals surface area contributed by atoms with E-state index < -0.39 is 10.0 Å². The van der Waals surface area contributed by atoms with Crippen LogP contribution >= 0.6 is 27.5 Å². The second-order valence-electron chi connectivity index (χ2n) is 5.04. The van der Waals surface area contributed by atoms with Gasteiger partial charge in [0, 0.05) is 6.20 Å². The number of hydrogen-bond acceptors (Lipinski definition) is 4. The number of pyridine rings is 1. The highest BCUT2D eigenvalue weighted by Crippen LogP contribution is 2.26. The van der Waals surface area contributed by atoms with Crippen LogP contribution in [0.2, 0.25) is 5.15 Å². The van der Waals surface area contributed by atoms with E-state index in [2.05, 4.69) is 25.7 Å². The van der Waals surface area contributed by atoms with Gasteiger partial charge in [-0.05, 0) is 46.3 Å². The Balaban J connectivity index is 2.01. The molecular formula is C17H13BrClN3O2S. The highest BCUT2D eigenvalue weighted by molar-refractivity contribution is 9.10. The number of halogens is 2. The Morgan fingerprint density at radius 1 is 0.960 bits per heavy atom. The summed E-state index contributed by atoms with van der Waals surface area (Å²) in [5, 5.41) is 1.69. The van der Waals surface area contributed by atoms with Gasteiger partial charge in [-0.3, -0.25) is 5.01 Å². The van der Waals surface area contributed by atoms with Crippen molar-refractivity contribution in [3.8, 4) is 0 Å². The largest absolute Gasteiger partial charge is 0.263 e. The van der Waals surface area contributed by atoms with Crippen molar-refractivity contribution >= 4 is 48.9 Å². The molecule has 8 heteroatoms. The van der Waals surface area contributed by atoms with Crippen LogP contribution in [0.1, 0.15) is 0 Å². The molecule has 2 aromatic carbocycles. The van der Waals surface area contributed by atoms with Crippen molar-refractivity contribution in [3.05, 3.63) is 82.6 Å². The van der Waals surface area contributed by atoms with Crippen molar-refractivity contribution in [2.24, 2.45) is 0 Å². The number of rotatable bonds is 5. The molecule has 1 heterocycles. The lowest BCUT2D eigenvalue weighted by Crippen LogP contribution is -2.38. The van der Waals surface area contributed by atoms with Gasteiger partial charge >= 0.3 is 0 Å². The van der Waals surface area contributed by atoms with E-state index in [4.69, 9.17) is 11.6 Å². The van der Waals surface area contributed by atoms with Crippen molar-refractivity contribution < 1.29 is 8.42 Å². The topological polar surface area (TPSA) is 62.3 Å². The predicted octanol–water partition coefficient (Wildman–Crippen LogP) is 4.53. The molecule has 0 saturated carbocycles. The summed E-state index contributed by atoms with van der Waals surface area (Å²) in [4.78, 5) is 6.47. The number of hydrazine groups is 1. The molecule has 0 amide bonds. The molecule has 0 aliphatic rings. The maximum Gasteiger partial charge on any atom is 0.259 e. The van der Waals surface area contributed by atoms with Crippen LogP contribution in [-0.2, 0) is 10.0 Å². The summed E-state index contributed by atoms with van der Waals surface area (Å²) >= 11 is 9.04. The first-order valence-corrected chi connectivity index (χ1v) is 9.86. The number of benzene rings is 2. The zero-order valence-corrected chi connectivity index (χ0v) is 16.0. The lowest BCUT2D eigenvalue weighted by atomic mass is 10.2. The highest BCUT2D eigenvalue weighted by Gasteiger charge is 2.21. The van der Waals surface area contributed by atoms with Gasteiger partial charge < -0.3 is 0 Å². The Morgan fingerprint density at radius 3 is 1.96 bits per heavy atom. The number of aromatic nitrogens is 1. The molecule has 0 spiro atoms. The molecule has 0 radical (unpaired) electrons. The van der Waals surface area contributed by atoms with Gasteiger partial charge in [-0.1, -0.05) is 48.0 Å². The van der Waals surface area contributed by atoms with E-state index in [0.29, 0.717) is 15.8 Å². The maximum absolute atomic E-state index is 12.8. The van der Waals surface area contributed by atoms with E-state index >= 15 is 0 Å². The summed E-state index contributed by atoms with van der Waals surface area (Å²) in [6.45, 7) is 0. The summed E-state index contributed by atoms with van der Waals surface area (Å²) in [6, 6.07) is 19.7. The summed E-state index contributed by atoms with van der Waals surface area (Å²) < 4.78 is 26.0. The Hall–Kier alpha value is -1.93. The molecule has 1 N–H and O–H groups in total. The first-order valence-electron chi connectivity index (χ1n) is 7.21. The molecule has 0 aliphatic carbocycles. The number of para-hydroxylation sites is 2. The smallest absolute Gasteiger partial charge is 0.259 e. The summed E-state index contributed by atoms with van der Waals surface area (Å²) in [5.41, 5.74) is 1.36. The average Bonchev–Trinajstić information content (AvgIpc) is 2.63. The summed E-state index contributed by atoms with van der Waals surface area (Å²) in [7, 11) is -3.87. The molecule has 128 valence electrons. The second-order valence-corrected chi connectivity index (χ2v) is 7.92. The van der Waals surface area contributed by atoms with E-state index in [-0.39, 0.29) is 10.0 Å². The maximum atomic E-state index is 12.8.